The van der Waals surface area contributed by atoms with Crippen LogP contribution in [0.15, 0.2) is 18.2 Å². The van der Waals surface area contributed by atoms with Crippen LogP contribution in [0, 0.1) is 11.3 Å². The summed E-state index contributed by atoms with van der Waals surface area (Å²) in [4.78, 5) is 11.3. The topological polar surface area (TPSA) is 97.4 Å². The van der Waals surface area contributed by atoms with Crippen molar-refractivity contribution >= 4 is 5.91 Å². The second-order valence-corrected chi connectivity index (χ2v) is 3.92. The van der Waals surface area contributed by atoms with E-state index in [1.807, 2.05) is 19.1 Å². The van der Waals surface area contributed by atoms with Crippen LogP contribution in [0.1, 0.15) is 18.5 Å². The number of amides is 1. The van der Waals surface area contributed by atoms with E-state index in [2.05, 4.69) is 5.32 Å². The highest BCUT2D eigenvalue weighted by atomic mass is 16.5. The molecule has 1 atom stereocenters. The van der Waals surface area contributed by atoms with Gasteiger partial charge in [-0.2, -0.15) is 5.26 Å². The van der Waals surface area contributed by atoms with Gasteiger partial charge in [0.05, 0.1) is 13.2 Å². The van der Waals surface area contributed by atoms with E-state index in [9.17, 15) is 4.79 Å². The molecule has 0 radical (unpaired) electrons. The molecule has 0 fully saturated rings. The van der Waals surface area contributed by atoms with E-state index in [-0.39, 0.29) is 25.1 Å². The van der Waals surface area contributed by atoms with Crippen molar-refractivity contribution in [2.75, 3.05) is 20.3 Å². The molecule has 6 nitrogen and oxygen atoms in total. The molecule has 1 amide bonds. The van der Waals surface area contributed by atoms with Gasteiger partial charge in [0.2, 0.25) is 0 Å². The van der Waals surface area contributed by atoms with Gasteiger partial charge in [-0.25, -0.2) is 0 Å². The zero-order valence-electron chi connectivity index (χ0n) is 11.0. The Kier molecular flexibility index (Phi) is 5.64. The van der Waals surface area contributed by atoms with Crippen molar-refractivity contribution in [3.63, 3.8) is 0 Å². The number of rotatable bonds is 6. The summed E-state index contributed by atoms with van der Waals surface area (Å²) in [5.74, 6) is 0.613. The van der Waals surface area contributed by atoms with Crippen molar-refractivity contribution < 1.29 is 14.3 Å². The van der Waals surface area contributed by atoms with Crippen LogP contribution in [0.2, 0.25) is 0 Å². The van der Waals surface area contributed by atoms with Gasteiger partial charge in [0, 0.05) is 6.04 Å². The molecule has 0 heterocycles. The van der Waals surface area contributed by atoms with E-state index in [1.54, 1.807) is 12.1 Å². The maximum absolute atomic E-state index is 11.3. The van der Waals surface area contributed by atoms with E-state index < -0.39 is 0 Å². The summed E-state index contributed by atoms with van der Waals surface area (Å²) in [7, 11) is 1.52. The second kappa shape index (κ2) is 7.24. The minimum absolute atomic E-state index is 0.0387. The first-order valence-electron chi connectivity index (χ1n) is 5.78. The Hall–Kier alpha value is -2.26. The Morgan fingerprint density at radius 1 is 1.53 bits per heavy atom. The van der Waals surface area contributed by atoms with E-state index in [0.29, 0.717) is 11.5 Å². The molecule has 1 aromatic carbocycles. The van der Waals surface area contributed by atoms with E-state index in [4.69, 9.17) is 20.5 Å². The third kappa shape index (κ3) is 4.48. The lowest BCUT2D eigenvalue weighted by molar-refractivity contribution is -0.122. The second-order valence-electron chi connectivity index (χ2n) is 3.92. The van der Waals surface area contributed by atoms with Gasteiger partial charge in [-0.3, -0.25) is 4.79 Å². The number of benzene rings is 1. The fourth-order valence-electron chi connectivity index (χ4n) is 1.42. The van der Waals surface area contributed by atoms with Crippen LogP contribution in [0.4, 0.5) is 0 Å². The Morgan fingerprint density at radius 3 is 2.84 bits per heavy atom. The summed E-state index contributed by atoms with van der Waals surface area (Å²) >= 11 is 0. The SMILES string of the molecule is COc1cc([C@@H](C)N)ccc1OCC(=O)NCC#N. The number of carbonyl (C=O) groups excluding carboxylic acids is 1. The molecule has 6 heteroatoms. The van der Waals surface area contributed by atoms with Crippen molar-refractivity contribution in [2.45, 2.75) is 13.0 Å². The zero-order valence-corrected chi connectivity index (χ0v) is 11.0. The number of methoxy groups -OCH3 is 1. The number of hydrogen-bond acceptors (Lipinski definition) is 5. The molecular weight excluding hydrogens is 246 g/mol. The van der Waals surface area contributed by atoms with Crippen LogP contribution in [-0.2, 0) is 4.79 Å². The number of nitrogens with one attached hydrogen (secondary N) is 1. The highest BCUT2D eigenvalue weighted by Gasteiger charge is 2.09. The molecule has 3 N–H and O–H groups in total. The first-order chi connectivity index (χ1) is 9.08. The van der Waals surface area contributed by atoms with Crippen LogP contribution < -0.4 is 20.5 Å². The molecule has 0 spiro atoms. The van der Waals surface area contributed by atoms with Gasteiger partial charge >= 0.3 is 0 Å². The van der Waals surface area contributed by atoms with Crippen molar-refractivity contribution in [1.82, 2.24) is 5.32 Å². The fraction of sp³-hybridized carbons (Fsp3) is 0.385. The highest BCUT2D eigenvalue weighted by Crippen LogP contribution is 2.29. The Balaban J connectivity index is 2.68. The number of nitrogens with two attached hydrogens (primary N) is 1. The molecule has 0 bridgehead atoms. The number of nitrogens with zero attached hydrogens (tertiary/aromatic N) is 1. The van der Waals surface area contributed by atoms with Crippen LogP contribution in [-0.4, -0.2) is 26.2 Å². The van der Waals surface area contributed by atoms with Crippen molar-refractivity contribution in [2.24, 2.45) is 5.73 Å². The Bertz CT molecular complexity index is 481. The summed E-state index contributed by atoms with van der Waals surface area (Å²) in [5, 5.41) is 10.7. The fourth-order valence-corrected chi connectivity index (χ4v) is 1.42. The maximum atomic E-state index is 11.3. The number of nitriles is 1. The normalized spacial score (nSPS) is 11.3. The number of ether oxygens (including phenoxy) is 2. The lowest BCUT2D eigenvalue weighted by Crippen LogP contribution is -2.29. The molecule has 1 aromatic rings. The molecule has 0 aliphatic carbocycles. The Morgan fingerprint density at radius 2 is 2.26 bits per heavy atom. The molecular formula is C13H17N3O3. The smallest absolute Gasteiger partial charge is 0.258 e. The van der Waals surface area contributed by atoms with Crippen molar-refractivity contribution in [1.29, 1.82) is 5.26 Å². The van der Waals surface area contributed by atoms with Gasteiger partial charge in [0.15, 0.2) is 18.1 Å². The molecule has 0 saturated carbocycles. The van der Waals surface area contributed by atoms with Gasteiger partial charge in [-0.1, -0.05) is 6.07 Å². The predicted molar refractivity (Wildman–Crippen MR) is 69.7 cm³/mol. The molecule has 0 aliphatic rings. The van der Waals surface area contributed by atoms with Gasteiger partial charge < -0.3 is 20.5 Å². The monoisotopic (exact) mass is 263 g/mol. The molecule has 19 heavy (non-hydrogen) atoms. The van der Waals surface area contributed by atoms with Gasteiger partial charge in [-0.15, -0.1) is 0 Å². The van der Waals surface area contributed by atoms with E-state index in [1.165, 1.54) is 7.11 Å². The maximum Gasteiger partial charge on any atom is 0.258 e. The van der Waals surface area contributed by atoms with Crippen molar-refractivity contribution in [3.8, 4) is 17.6 Å². The first kappa shape index (κ1) is 14.8. The lowest BCUT2D eigenvalue weighted by atomic mass is 10.1. The summed E-state index contributed by atoms with van der Waals surface area (Å²) in [6, 6.07) is 6.99. The van der Waals surface area contributed by atoms with Crippen molar-refractivity contribution in [3.05, 3.63) is 23.8 Å². The summed E-state index contributed by atoms with van der Waals surface area (Å²) in [6.45, 7) is 1.66. The number of carbonyl (C=O) groups is 1. The van der Waals surface area contributed by atoms with Gasteiger partial charge in [-0.05, 0) is 24.6 Å². The summed E-state index contributed by atoms with van der Waals surface area (Å²) in [5.41, 5.74) is 6.69. The van der Waals surface area contributed by atoms with E-state index in [0.717, 1.165) is 5.56 Å². The average Bonchev–Trinajstić information content (AvgIpc) is 2.42. The molecule has 0 aromatic heterocycles. The van der Waals surface area contributed by atoms with Crippen LogP contribution in [0.25, 0.3) is 0 Å². The largest absolute Gasteiger partial charge is 0.493 e. The molecule has 0 saturated heterocycles. The summed E-state index contributed by atoms with van der Waals surface area (Å²) < 4.78 is 10.5. The standard InChI is InChI=1S/C13H17N3O3/c1-9(15)10-3-4-11(12(7-10)18-2)19-8-13(17)16-6-5-14/h3-4,7,9H,6,8,15H2,1-2H3,(H,16,17)/t9-/m1/s1. The first-order valence-corrected chi connectivity index (χ1v) is 5.78. The molecule has 102 valence electrons. The average molecular weight is 263 g/mol. The highest BCUT2D eigenvalue weighted by molar-refractivity contribution is 5.77. The van der Waals surface area contributed by atoms with E-state index >= 15 is 0 Å². The molecule has 0 aliphatic heterocycles. The zero-order chi connectivity index (χ0) is 14.3. The van der Waals surface area contributed by atoms with Crippen LogP contribution >= 0.6 is 0 Å². The third-order valence-corrected chi connectivity index (χ3v) is 2.44. The van der Waals surface area contributed by atoms with Crippen LogP contribution in [0.3, 0.4) is 0 Å². The Labute approximate surface area is 112 Å². The molecule has 1 rings (SSSR count). The third-order valence-electron chi connectivity index (χ3n) is 2.44. The quantitative estimate of drug-likeness (QED) is 0.737. The van der Waals surface area contributed by atoms with Gasteiger partial charge in [0.25, 0.3) is 5.91 Å². The van der Waals surface area contributed by atoms with Gasteiger partial charge in [0.1, 0.15) is 6.54 Å². The minimum atomic E-state index is -0.361. The minimum Gasteiger partial charge on any atom is -0.493 e. The number of hydrogen-bond donors (Lipinski definition) is 2. The van der Waals surface area contributed by atoms with Crippen LogP contribution in [0.5, 0.6) is 11.5 Å². The molecule has 0 unspecified atom stereocenters. The predicted octanol–water partition coefficient (Wildman–Crippen LogP) is 0.733. The lowest BCUT2D eigenvalue weighted by Gasteiger charge is -2.13. The summed E-state index contributed by atoms with van der Waals surface area (Å²) in [6.07, 6.45) is 0.